The Morgan fingerprint density at radius 1 is 1.17 bits per heavy atom. The lowest BCUT2D eigenvalue weighted by molar-refractivity contribution is -0.137. The normalized spacial score (nSPS) is 13.6. The van der Waals surface area contributed by atoms with Crippen LogP contribution in [0.15, 0.2) is 36.4 Å². The van der Waals surface area contributed by atoms with Crippen molar-refractivity contribution >= 4 is 11.3 Å². The molecule has 96 valence electrons. The first-order valence-electron chi connectivity index (χ1n) is 5.29. The van der Waals surface area contributed by atoms with Crippen LogP contribution < -0.4 is 0 Å². The van der Waals surface area contributed by atoms with Gasteiger partial charge in [-0.15, -0.1) is 11.3 Å². The van der Waals surface area contributed by atoms with Gasteiger partial charge >= 0.3 is 6.18 Å². The van der Waals surface area contributed by atoms with Gasteiger partial charge in [0.1, 0.15) is 6.10 Å². The Morgan fingerprint density at radius 3 is 2.44 bits per heavy atom. The number of aryl methyl sites for hydroxylation is 1. The van der Waals surface area contributed by atoms with Gasteiger partial charge in [-0.1, -0.05) is 12.1 Å². The van der Waals surface area contributed by atoms with Gasteiger partial charge in [0.2, 0.25) is 0 Å². The maximum atomic E-state index is 12.6. The van der Waals surface area contributed by atoms with Crippen LogP contribution in [0.25, 0.3) is 0 Å². The highest BCUT2D eigenvalue weighted by atomic mass is 32.1. The Labute approximate surface area is 107 Å². The Bertz CT molecular complexity index is 545. The molecule has 1 unspecified atom stereocenters. The van der Waals surface area contributed by atoms with Crippen LogP contribution in [0, 0.1) is 6.92 Å². The van der Waals surface area contributed by atoms with E-state index in [1.807, 2.05) is 13.0 Å². The second-order valence-electron chi connectivity index (χ2n) is 3.97. The standard InChI is InChI=1S/C13H11F3OS/c1-8-5-6-11(18-8)12(17)9-3-2-4-10(7-9)13(14,15)16/h2-7,12,17H,1H3. The summed E-state index contributed by atoms with van der Waals surface area (Å²) in [6.07, 6.45) is -5.40. The van der Waals surface area contributed by atoms with E-state index in [4.69, 9.17) is 0 Å². The highest BCUT2D eigenvalue weighted by molar-refractivity contribution is 7.12. The van der Waals surface area contributed by atoms with Gasteiger partial charge in [0.15, 0.2) is 0 Å². The molecule has 1 heterocycles. The molecule has 0 amide bonds. The molecule has 18 heavy (non-hydrogen) atoms. The van der Waals surface area contributed by atoms with E-state index in [1.54, 1.807) is 6.07 Å². The topological polar surface area (TPSA) is 20.2 Å². The molecular formula is C13H11F3OS. The highest BCUT2D eigenvalue weighted by Gasteiger charge is 2.31. The number of benzene rings is 1. The summed E-state index contributed by atoms with van der Waals surface area (Å²) in [6.45, 7) is 1.88. The molecule has 0 saturated heterocycles. The molecule has 5 heteroatoms. The fourth-order valence-electron chi connectivity index (χ4n) is 1.65. The van der Waals surface area contributed by atoms with Gasteiger partial charge in [0.25, 0.3) is 0 Å². The van der Waals surface area contributed by atoms with Crippen LogP contribution in [-0.4, -0.2) is 5.11 Å². The van der Waals surface area contributed by atoms with E-state index in [0.717, 1.165) is 17.0 Å². The lowest BCUT2D eigenvalue weighted by Gasteiger charge is -2.12. The van der Waals surface area contributed by atoms with Crippen molar-refractivity contribution in [2.75, 3.05) is 0 Å². The lowest BCUT2D eigenvalue weighted by atomic mass is 10.0. The largest absolute Gasteiger partial charge is 0.416 e. The third-order valence-corrected chi connectivity index (χ3v) is 3.61. The first-order valence-corrected chi connectivity index (χ1v) is 6.11. The molecule has 0 aliphatic rings. The van der Waals surface area contributed by atoms with Crippen molar-refractivity contribution in [1.29, 1.82) is 0 Å². The van der Waals surface area contributed by atoms with Gasteiger partial charge in [0.05, 0.1) is 5.56 Å². The van der Waals surface area contributed by atoms with Crippen molar-refractivity contribution in [2.24, 2.45) is 0 Å². The molecular weight excluding hydrogens is 261 g/mol. The number of aliphatic hydroxyl groups excluding tert-OH is 1. The highest BCUT2D eigenvalue weighted by Crippen LogP contribution is 2.33. The Morgan fingerprint density at radius 2 is 1.89 bits per heavy atom. The number of hydrogen-bond donors (Lipinski definition) is 1. The Balaban J connectivity index is 2.34. The third kappa shape index (κ3) is 2.73. The molecule has 0 fully saturated rings. The van der Waals surface area contributed by atoms with E-state index in [0.29, 0.717) is 4.88 Å². The first kappa shape index (κ1) is 13.1. The quantitative estimate of drug-likeness (QED) is 0.870. The zero-order valence-electron chi connectivity index (χ0n) is 9.53. The predicted octanol–water partition coefficient (Wildman–Crippen LogP) is 4.16. The smallest absolute Gasteiger partial charge is 0.383 e. The van der Waals surface area contributed by atoms with Crippen molar-refractivity contribution in [3.05, 3.63) is 57.3 Å². The van der Waals surface area contributed by atoms with Gasteiger partial charge in [-0.3, -0.25) is 0 Å². The number of hydrogen-bond acceptors (Lipinski definition) is 2. The number of aliphatic hydroxyl groups is 1. The molecule has 0 saturated carbocycles. The predicted molar refractivity (Wildman–Crippen MR) is 64.6 cm³/mol. The Hall–Kier alpha value is -1.33. The van der Waals surface area contributed by atoms with Crippen LogP contribution in [0.2, 0.25) is 0 Å². The molecule has 1 N–H and O–H groups in total. The average molecular weight is 272 g/mol. The summed E-state index contributed by atoms with van der Waals surface area (Å²) in [5.41, 5.74) is -0.487. The molecule has 2 rings (SSSR count). The minimum absolute atomic E-state index is 0.256. The molecule has 1 nitrogen and oxygen atoms in total. The fraction of sp³-hybridized carbons (Fsp3) is 0.231. The second kappa shape index (κ2) is 4.74. The number of alkyl halides is 3. The van der Waals surface area contributed by atoms with Gasteiger partial charge in [-0.05, 0) is 36.8 Å². The lowest BCUT2D eigenvalue weighted by Crippen LogP contribution is -2.06. The van der Waals surface area contributed by atoms with Gasteiger partial charge < -0.3 is 5.11 Å². The summed E-state index contributed by atoms with van der Waals surface area (Å²) < 4.78 is 37.7. The third-order valence-electron chi connectivity index (χ3n) is 2.56. The molecule has 0 spiro atoms. The molecule has 0 aliphatic carbocycles. The van der Waals surface area contributed by atoms with Crippen LogP contribution >= 0.6 is 11.3 Å². The van der Waals surface area contributed by atoms with Crippen LogP contribution in [0.5, 0.6) is 0 Å². The van der Waals surface area contributed by atoms with E-state index < -0.39 is 17.8 Å². The number of rotatable bonds is 2. The summed E-state index contributed by atoms with van der Waals surface area (Å²) in [5.74, 6) is 0. The summed E-state index contributed by atoms with van der Waals surface area (Å²) >= 11 is 1.37. The van der Waals surface area contributed by atoms with Gasteiger partial charge in [0, 0.05) is 9.75 Å². The van der Waals surface area contributed by atoms with Crippen molar-refractivity contribution in [2.45, 2.75) is 19.2 Å². The molecule has 2 aromatic rings. The summed E-state index contributed by atoms with van der Waals surface area (Å²) in [4.78, 5) is 1.66. The molecule has 0 aliphatic heterocycles. The molecule has 0 radical (unpaired) electrons. The van der Waals surface area contributed by atoms with E-state index in [2.05, 4.69) is 0 Å². The minimum Gasteiger partial charge on any atom is -0.383 e. The van der Waals surface area contributed by atoms with Crippen LogP contribution in [0.4, 0.5) is 13.2 Å². The summed E-state index contributed by atoms with van der Waals surface area (Å²) in [5, 5.41) is 10.0. The summed E-state index contributed by atoms with van der Waals surface area (Å²) in [6, 6.07) is 8.34. The first-order chi connectivity index (χ1) is 8.38. The van der Waals surface area contributed by atoms with Crippen LogP contribution in [0.3, 0.4) is 0 Å². The molecule has 1 aromatic carbocycles. The number of thiophene rings is 1. The SMILES string of the molecule is Cc1ccc(C(O)c2cccc(C(F)(F)F)c2)s1. The van der Waals surface area contributed by atoms with Crippen molar-refractivity contribution in [3.8, 4) is 0 Å². The van der Waals surface area contributed by atoms with Gasteiger partial charge in [-0.2, -0.15) is 13.2 Å². The van der Waals surface area contributed by atoms with Crippen molar-refractivity contribution in [3.63, 3.8) is 0 Å². The zero-order valence-corrected chi connectivity index (χ0v) is 10.3. The Kier molecular flexibility index (Phi) is 3.45. The van der Waals surface area contributed by atoms with E-state index in [-0.39, 0.29) is 5.56 Å². The summed E-state index contributed by atoms with van der Waals surface area (Å²) in [7, 11) is 0. The van der Waals surface area contributed by atoms with E-state index >= 15 is 0 Å². The molecule has 1 atom stereocenters. The monoisotopic (exact) mass is 272 g/mol. The minimum atomic E-state index is -4.39. The number of halogens is 3. The average Bonchev–Trinajstić information content (AvgIpc) is 2.74. The van der Waals surface area contributed by atoms with Crippen molar-refractivity contribution in [1.82, 2.24) is 0 Å². The van der Waals surface area contributed by atoms with E-state index in [9.17, 15) is 18.3 Å². The second-order valence-corrected chi connectivity index (χ2v) is 5.29. The zero-order chi connectivity index (χ0) is 13.3. The molecule has 1 aromatic heterocycles. The van der Waals surface area contributed by atoms with E-state index in [1.165, 1.54) is 23.5 Å². The van der Waals surface area contributed by atoms with Crippen LogP contribution in [0.1, 0.15) is 27.0 Å². The fourth-order valence-corrected chi connectivity index (χ4v) is 2.54. The maximum absolute atomic E-state index is 12.6. The van der Waals surface area contributed by atoms with Crippen molar-refractivity contribution < 1.29 is 18.3 Å². The molecule has 0 bridgehead atoms. The van der Waals surface area contributed by atoms with Crippen LogP contribution in [-0.2, 0) is 6.18 Å². The maximum Gasteiger partial charge on any atom is 0.416 e. The van der Waals surface area contributed by atoms with Gasteiger partial charge in [-0.25, -0.2) is 0 Å².